The quantitative estimate of drug-likeness (QED) is 0.526. The van der Waals surface area contributed by atoms with Crippen LogP contribution in [0.3, 0.4) is 0 Å². The molecule has 0 atom stereocenters. The number of hydrogen-bond donors (Lipinski definition) is 2. The van der Waals surface area contributed by atoms with Crippen molar-refractivity contribution in [2.24, 2.45) is 4.99 Å². The Bertz CT molecular complexity index is 954. The van der Waals surface area contributed by atoms with Crippen molar-refractivity contribution < 1.29 is 9.53 Å². The normalized spacial score (nSPS) is 11.0. The van der Waals surface area contributed by atoms with Gasteiger partial charge in [0.25, 0.3) is 5.91 Å². The number of aryl methyl sites for hydroxylation is 1. The lowest BCUT2D eigenvalue weighted by Gasteiger charge is -2.14. The molecular weight excluding hydrogens is 352 g/mol. The number of amides is 1. The van der Waals surface area contributed by atoms with Crippen LogP contribution in [0.2, 0.25) is 0 Å². The monoisotopic (exact) mass is 374 g/mol. The number of carbonyl (C=O) groups is 1. The molecule has 0 radical (unpaired) electrons. The minimum absolute atomic E-state index is 0.243. The van der Waals surface area contributed by atoms with Gasteiger partial charge in [-0.2, -0.15) is 0 Å². The highest BCUT2D eigenvalue weighted by molar-refractivity contribution is 6.10. The summed E-state index contributed by atoms with van der Waals surface area (Å²) in [5, 5.41) is 6.00. The second-order valence-corrected chi connectivity index (χ2v) is 6.17. The van der Waals surface area contributed by atoms with E-state index in [9.17, 15) is 4.79 Å². The summed E-state index contributed by atoms with van der Waals surface area (Å²) in [7, 11) is 1.60. The van der Waals surface area contributed by atoms with Gasteiger partial charge in [-0.15, -0.1) is 0 Å². The van der Waals surface area contributed by atoms with Gasteiger partial charge in [0.2, 0.25) is 5.96 Å². The molecule has 0 aliphatic heterocycles. The maximum absolute atomic E-state index is 12.6. The molecule has 0 saturated carbocycles. The number of nitrogens with one attached hydrogen (secondary N) is 2. The number of methoxy groups -OCH3 is 1. The predicted molar refractivity (Wildman–Crippen MR) is 111 cm³/mol. The SMILES string of the molecule is COc1ccccc1NC(=NCc1cccnc1)NC(=O)c1ccc(C)cc1. The van der Waals surface area contributed by atoms with Crippen LogP contribution in [0, 0.1) is 6.92 Å². The van der Waals surface area contributed by atoms with Crippen molar-refractivity contribution >= 4 is 17.6 Å². The van der Waals surface area contributed by atoms with Crippen LogP contribution in [-0.4, -0.2) is 24.0 Å². The second kappa shape index (κ2) is 9.32. The van der Waals surface area contributed by atoms with Gasteiger partial charge in [0.1, 0.15) is 5.75 Å². The van der Waals surface area contributed by atoms with Crippen LogP contribution in [0.15, 0.2) is 78.0 Å². The first-order chi connectivity index (χ1) is 13.7. The van der Waals surface area contributed by atoms with Gasteiger partial charge in [-0.1, -0.05) is 35.9 Å². The lowest BCUT2D eigenvalue weighted by atomic mass is 10.1. The standard InChI is InChI=1S/C22H22N4O2/c1-16-9-11-18(12-10-16)21(27)26-22(24-15-17-6-5-13-23-14-17)25-19-7-3-4-8-20(19)28-2/h3-14H,15H2,1-2H3,(H2,24,25,26,27). The van der Waals surface area contributed by atoms with Crippen LogP contribution >= 0.6 is 0 Å². The Kier molecular flexibility index (Phi) is 6.36. The summed E-state index contributed by atoms with van der Waals surface area (Å²) in [4.78, 5) is 21.3. The number of ether oxygens (including phenoxy) is 1. The largest absolute Gasteiger partial charge is 0.495 e. The summed E-state index contributed by atoms with van der Waals surface area (Å²) in [6.45, 7) is 2.35. The van der Waals surface area contributed by atoms with Crippen molar-refractivity contribution in [3.63, 3.8) is 0 Å². The summed E-state index contributed by atoms with van der Waals surface area (Å²) in [6.07, 6.45) is 3.45. The van der Waals surface area contributed by atoms with Gasteiger partial charge in [-0.25, -0.2) is 4.99 Å². The molecule has 0 aliphatic carbocycles. The maximum Gasteiger partial charge on any atom is 0.257 e. The molecule has 0 bridgehead atoms. The third kappa shape index (κ3) is 5.17. The van der Waals surface area contributed by atoms with Crippen LogP contribution in [0.1, 0.15) is 21.5 Å². The van der Waals surface area contributed by atoms with E-state index in [1.54, 1.807) is 31.6 Å². The van der Waals surface area contributed by atoms with E-state index in [0.29, 0.717) is 29.5 Å². The van der Waals surface area contributed by atoms with E-state index in [2.05, 4.69) is 20.6 Å². The molecule has 0 saturated heterocycles. The van der Waals surface area contributed by atoms with Gasteiger partial charge in [0.15, 0.2) is 0 Å². The lowest BCUT2D eigenvalue weighted by molar-refractivity contribution is 0.0977. The summed E-state index contributed by atoms with van der Waals surface area (Å²) in [5.74, 6) is 0.743. The molecular formula is C22H22N4O2. The molecule has 0 aliphatic rings. The molecule has 6 nitrogen and oxygen atoms in total. The van der Waals surface area contributed by atoms with Crippen molar-refractivity contribution in [1.82, 2.24) is 10.3 Å². The van der Waals surface area contributed by atoms with E-state index in [4.69, 9.17) is 4.74 Å². The number of benzene rings is 2. The van der Waals surface area contributed by atoms with Gasteiger partial charge >= 0.3 is 0 Å². The van der Waals surface area contributed by atoms with Crippen LogP contribution in [0.25, 0.3) is 0 Å². The van der Waals surface area contributed by atoms with Crippen LogP contribution in [0.4, 0.5) is 5.69 Å². The van der Waals surface area contributed by atoms with Crippen molar-refractivity contribution in [2.75, 3.05) is 12.4 Å². The molecule has 1 amide bonds. The number of nitrogens with zero attached hydrogens (tertiary/aromatic N) is 2. The molecule has 3 rings (SSSR count). The number of carbonyl (C=O) groups excluding carboxylic acids is 1. The van der Waals surface area contributed by atoms with E-state index < -0.39 is 0 Å². The van der Waals surface area contributed by atoms with E-state index in [1.807, 2.05) is 55.5 Å². The zero-order valence-electron chi connectivity index (χ0n) is 15.8. The molecule has 2 aromatic carbocycles. The third-order valence-corrected chi connectivity index (χ3v) is 4.05. The van der Waals surface area contributed by atoms with Gasteiger partial charge < -0.3 is 10.1 Å². The number of rotatable bonds is 5. The lowest BCUT2D eigenvalue weighted by Crippen LogP contribution is -2.36. The molecule has 2 N–H and O–H groups in total. The molecule has 142 valence electrons. The average molecular weight is 374 g/mol. The van der Waals surface area contributed by atoms with Crippen molar-refractivity contribution in [3.05, 3.63) is 89.7 Å². The third-order valence-electron chi connectivity index (χ3n) is 4.05. The molecule has 1 aromatic heterocycles. The average Bonchev–Trinajstić information content (AvgIpc) is 2.73. The molecule has 0 unspecified atom stereocenters. The number of guanidine groups is 1. The zero-order valence-corrected chi connectivity index (χ0v) is 15.8. The molecule has 3 aromatic rings. The number of aliphatic imine (C=N–C) groups is 1. The maximum atomic E-state index is 12.6. The number of aromatic nitrogens is 1. The fraction of sp³-hybridized carbons (Fsp3) is 0.136. The Labute approximate surface area is 164 Å². The van der Waals surface area contributed by atoms with E-state index in [1.165, 1.54) is 0 Å². The van der Waals surface area contributed by atoms with Gasteiger partial charge in [-0.3, -0.25) is 15.1 Å². The summed E-state index contributed by atoms with van der Waals surface area (Å²) < 4.78 is 5.37. The highest BCUT2D eigenvalue weighted by Crippen LogP contribution is 2.22. The Hall–Kier alpha value is -3.67. The molecule has 6 heteroatoms. The summed E-state index contributed by atoms with van der Waals surface area (Å²) in [6, 6.07) is 18.6. The smallest absolute Gasteiger partial charge is 0.257 e. The first kappa shape index (κ1) is 19.1. The molecule has 0 spiro atoms. The highest BCUT2D eigenvalue weighted by atomic mass is 16.5. The first-order valence-electron chi connectivity index (χ1n) is 8.87. The van der Waals surface area contributed by atoms with Crippen molar-refractivity contribution in [2.45, 2.75) is 13.5 Å². The second-order valence-electron chi connectivity index (χ2n) is 6.17. The number of anilines is 1. The highest BCUT2D eigenvalue weighted by Gasteiger charge is 2.11. The molecule has 0 fully saturated rings. The van der Waals surface area contributed by atoms with Crippen molar-refractivity contribution in [3.8, 4) is 5.75 Å². The number of para-hydroxylation sites is 2. The van der Waals surface area contributed by atoms with Crippen LogP contribution < -0.4 is 15.4 Å². The van der Waals surface area contributed by atoms with Crippen molar-refractivity contribution in [1.29, 1.82) is 0 Å². The van der Waals surface area contributed by atoms with E-state index in [-0.39, 0.29) is 5.91 Å². The molecule has 28 heavy (non-hydrogen) atoms. The Morgan fingerprint density at radius 3 is 2.57 bits per heavy atom. The Balaban J connectivity index is 1.83. The van der Waals surface area contributed by atoms with Gasteiger partial charge in [0.05, 0.1) is 19.3 Å². The summed E-state index contributed by atoms with van der Waals surface area (Å²) >= 11 is 0. The van der Waals surface area contributed by atoms with Gasteiger partial charge in [-0.05, 0) is 42.8 Å². The minimum atomic E-state index is -0.243. The minimum Gasteiger partial charge on any atom is -0.495 e. The number of hydrogen-bond acceptors (Lipinski definition) is 4. The topological polar surface area (TPSA) is 75.6 Å². The van der Waals surface area contributed by atoms with E-state index >= 15 is 0 Å². The predicted octanol–water partition coefficient (Wildman–Crippen LogP) is 3.80. The Morgan fingerprint density at radius 1 is 1.07 bits per heavy atom. The van der Waals surface area contributed by atoms with Crippen LogP contribution in [-0.2, 0) is 6.54 Å². The van der Waals surface area contributed by atoms with E-state index in [0.717, 1.165) is 11.1 Å². The first-order valence-corrected chi connectivity index (χ1v) is 8.87. The van der Waals surface area contributed by atoms with Gasteiger partial charge in [0, 0.05) is 18.0 Å². The molecule has 1 heterocycles. The Morgan fingerprint density at radius 2 is 1.86 bits per heavy atom. The fourth-order valence-corrected chi connectivity index (χ4v) is 2.53. The van der Waals surface area contributed by atoms with Crippen LogP contribution in [0.5, 0.6) is 5.75 Å². The zero-order chi connectivity index (χ0) is 19.8. The fourth-order valence-electron chi connectivity index (χ4n) is 2.53. The summed E-state index contributed by atoms with van der Waals surface area (Å²) in [5.41, 5.74) is 3.29. The number of pyridine rings is 1.